The van der Waals surface area contributed by atoms with Crippen molar-refractivity contribution in [1.82, 2.24) is 5.32 Å². The number of carboxylic acid groups (broad SMARTS) is 1. The lowest BCUT2D eigenvalue weighted by atomic mass is 10.0. The lowest BCUT2D eigenvalue weighted by Gasteiger charge is -2.20. The smallest absolute Gasteiger partial charge is 0.303 e. The molecule has 0 aromatic heterocycles. The number of nitrogens with one attached hydrogen (secondary N) is 1. The first kappa shape index (κ1) is 14.2. The van der Waals surface area contributed by atoms with Crippen LogP contribution in [0.25, 0.3) is 0 Å². The van der Waals surface area contributed by atoms with Gasteiger partial charge in [-0.05, 0) is 12.5 Å². The highest BCUT2D eigenvalue weighted by molar-refractivity contribution is 5.80. The molecule has 0 saturated heterocycles. The second-order valence-electron chi connectivity index (χ2n) is 4.11. The average molecular weight is 251 g/mol. The van der Waals surface area contributed by atoms with Gasteiger partial charge in [0.05, 0.1) is 18.6 Å². The zero-order chi connectivity index (χ0) is 13.5. The van der Waals surface area contributed by atoms with Crippen LogP contribution in [0.3, 0.4) is 0 Å². The Morgan fingerprint density at radius 1 is 1.22 bits per heavy atom. The molecule has 18 heavy (non-hydrogen) atoms. The maximum Gasteiger partial charge on any atom is 0.303 e. The second-order valence-corrected chi connectivity index (χ2v) is 4.11. The Balaban J connectivity index is 2.47. The van der Waals surface area contributed by atoms with E-state index < -0.39 is 18.1 Å². The van der Waals surface area contributed by atoms with Gasteiger partial charge in [0.15, 0.2) is 0 Å². The van der Waals surface area contributed by atoms with E-state index in [4.69, 9.17) is 5.11 Å². The van der Waals surface area contributed by atoms with Crippen molar-refractivity contribution in [3.05, 3.63) is 35.9 Å². The molecule has 2 unspecified atom stereocenters. The molecular formula is C13H17NO4. The predicted molar refractivity (Wildman–Crippen MR) is 65.9 cm³/mol. The van der Waals surface area contributed by atoms with E-state index in [1.54, 1.807) is 31.2 Å². The highest BCUT2D eigenvalue weighted by Gasteiger charge is 2.18. The van der Waals surface area contributed by atoms with Gasteiger partial charge in [0.25, 0.3) is 0 Å². The molecule has 0 saturated carbocycles. The molecule has 0 bridgehead atoms. The Kier molecular flexibility index (Phi) is 5.32. The van der Waals surface area contributed by atoms with Crippen molar-refractivity contribution >= 4 is 11.9 Å². The van der Waals surface area contributed by atoms with Crippen LogP contribution >= 0.6 is 0 Å². The standard InChI is InChI=1S/C13H17NO4/c1-9(14-11(15)7-8-12(16)17)13(18)10-5-3-2-4-6-10/h2-6,9,13,18H,7-8H2,1H3,(H,14,15)(H,16,17). The molecule has 0 spiro atoms. The van der Waals surface area contributed by atoms with Gasteiger partial charge in [-0.1, -0.05) is 30.3 Å². The largest absolute Gasteiger partial charge is 0.481 e. The van der Waals surface area contributed by atoms with Crippen LogP contribution in [0.4, 0.5) is 0 Å². The number of aliphatic carboxylic acids is 1. The fourth-order valence-electron chi connectivity index (χ4n) is 1.56. The van der Waals surface area contributed by atoms with Gasteiger partial charge in [-0.15, -0.1) is 0 Å². The topological polar surface area (TPSA) is 86.6 Å². The zero-order valence-electron chi connectivity index (χ0n) is 10.2. The number of carbonyl (C=O) groups is 2. The van der Waals surface area contributed by atoms with E-state index in [1.165, 1.54) is 0 Å². The monoisotopic (exact) mass is 251 g/mol. The van der Waals surface area contributed by atoms with Gasteiger partial charge in [-0.3, -0.25) is 9.59 Å². The van der Waals surface area contributed by atoms with Gasteiger partial charge in [0.1, 0.15) is 0 Å². The van der Waals surface area contributed by atoms with Crippen LogP contribution < -0.4 is 5.32 Å². The molecule has 1 aromatic rings. The van der Waals surface area contributed by atoms with Crippen LogP contribution in [-0.2, 0) is 9.59 Å². The number of hydrogen-bond acceptors (Lipinski definition) is 3. The Bertz CT molecular complexity index is 405. The summed E-state index contributed by atoms with van der Waals surface area (Å²) in [6.07, 6.45) is -1.10. The Morgan fingerprint density at radius 3 is 2.39 bits per heavy atom. The highest BCUT2D eigenvalue weighted by atomic mass is 16.4. The summed E-state index contributed by atoms with van der Waals surface area (Å²) in [6.45, 7) is 1.68. The van der Waals surface area contributed by atoms with E-state index in [9.17, 15) is 14.7 Å². The van der Waals surface area contributed by atoms with Gasteiger partial charge in [0, 0.05) is 6.42 Å². The summed E-state index contributed by atoms with van der Waals surface area (Å²) in [6, 6.07) is 8.52. The Hall–Kier alpha value is -1.88. The van der Waals surface area contributed by atoms with Crippen molar-refractivity contribution in [3.63, 3.8) is 0 Å². The molecule has 1 rings (SSSR count). The van der Waals surface area contributed by atoms with Crippen LogP contribution in [0.1, 0.15) is 31.4 Å². The number of carboxylic acids is 1. The van der Waals surface area contributed by atoms with Crippen molar-refractivity contribution in [2.45, 2.75) is 31.9 Å². The molecule has 3 N–H and O–H groups in total. The van der Waals surface area contributed by atoms with E-state index in [0.29, 0.717) is 5.56 Å². The van der Waals surface area contributed by atoms with Crippen LogP contribution in [0.5, 0.6) is 0 Å². The molecule has 0 heterocycles. The third-order valence-electron chi connectivity index (χ3n) is 2.57. The fraction of sp³-hybridized carbons (Fsp3) is 0.385. The lowest BCUT2D eigenvalue weighted by molar-refractivity contribution is -0.139. The highest BCUT2D eigenvalue weighted by Crippen LogP contribution is 2.16. The van der Waals surface area contributed by atoms with Gasteiger partial charge < -0.3 is 15.5 Å². The van der Waals surface area contributed by atoms with E-state index in [-0.39, 0.29) is 18.7 Å². The number of aliphatic hydroxyl groups excluding tert-OH is 1. The van der Waals surface area contributed by atoms with Crippen molar-refractivity contribution < 1.29 is 19.8 Å². The van der Waals surface area contributed by atoms with Crippen molar-refractivity contribution in [2.24, 2.45) is 0 Å². The SMILES string of the molecule is CC(NC(=O)CCC(=O)O)C(O)c1ccccc1. The van der Waals surface area contributed by atoms with E-state index in [2.05, 4.69) is 5.32 Å². The molecule has 1 amide bonds. The average Bonchev–Trinajstić information content (AvgIpc) is 2.36. The summed E-state index contributed by atoms with van der Waals surface area (Å²) in [4.78, 5) is 21.7. The quantitative estimate of drug-likeness (QED) is 0.706. The molecule has 0 radical (unpaired) electrons. The number of benzene rings is 1. The van der Waals surface area contributed by atoms with Crippen LogP contribution in [0.2, 0.25) is 0 Å². The third-order valence-corrected chi connectivity index (χ3v) is 2.57. The maximum atomic E-state index is 11.4. The van der Waals surface area contributed by atoms with Gasteiger partial charge in [0.2, 0.25) is 5.91 Å². The number of amides is 1. The summed E-state index contributed by atoms with van der Waals surface area (Å²) >= 11 is 0. The van der Waals surface area contributed by atoms with Gasteiger partial charge in [-0.2, -0.15) is 0 Å². The van der Waals surface area contributed by atoms with Crippen molar-refractivity contribution in [2.75, 3.05) is 0 Å². The Labute approximate surface area is 105 Å². The van der Waals surface area contributed by atoms with E-state index in [1.807, 2.05) is 6.07 Å². The Morgan fingerprint density at radius 2 is 1.83 bits per heavy atom. The minimum absolute atomic E-state index is 0.0822. The molecule has 0 fully saturated rings. The van der Waals surface area contributed by atoms with Crippen LogP contribution in [0.15, 0.2) is 30.3 Å². The molecule has 0 aliphatic carbocycles. The summed E-state index contributed by atoms with van der Waals surface area (Å²) in [5.41, 5.74) is 0.712. The number of aliphatic hydroxyl groups is 1. The normalized spacial score (nSPS) is 13.7. The summed E-state index contributed by atoms with van der Waals surface area (Å²) < 4.78 is 0. The molecule has 1 aromatic carbocycles. The molecule has 0 aliphatic rings. The number of carbonyl (C=O) groups excluding carboxylic acids is 1. The zero-order valence-corrected chi connectivity index (χ0v) is 10.2. The third kappa shape index (κ3) is 4.55. The predicted octanol–water partition coefficient (Wildman–Crippen LogP) is 1.09. The molecule has 98 valence electrons. The maximum absolute atomic E-state index is 11.4. The minimum Gasteiger partial charge on any atom is -0.481 e. The first-order chi connectivity index (χ1) is 8.50. The van der Waals surface area contributed by atoms with Crippen LogP contribution in [0, 0.1) is 0 Å². The van der Waals surface area contributed by atoms with Crippen LogP contribution in [-0.4, -0.2) is 28.1 Å². The van der Waals surface area contributed by atoms with Gasteiger partial charge in [-0.25, -0.2) is 0 Å². The molecule has 5 heteroatoms. The van der Waals surface area contributed by atoms with Crippen molar-refractivity contribution in [3.8, 4) is 0 Å². The first-order valence-electron chi connectivity index (χ1n) is 5.75. The molecule has 5 nitrogen and oxygen atoms in total. The molecule has 0 aliphatic heterocycles. The van der Waals surface area contributed by atoms with Crippen molar-refractivity contribution in [1.29, 1.82) is 0 Å². The molecular weight excluding hydrogens is 234 g/mol. The minimum atomic E-state index is -1.01. The first-order valence-corrected chi connectivity index (χ1v) is 5.75. The summed E-state index contributed by atoms with van der Waals surface area (Å²) in [5, 5.41) is 21.0. The molecule has 2 atom stereocenters. The fourth-order valence-corrected chi connectivity index (χ4v) is 1.56. The summed E-state index contributed by atoms with van der Waals surface area (Å²) in [5.74, 6) is -1.39. The van der Waals surface area contributed by atoms with E-state index >= 15 is 0 Å². The van der Waals surface area contributed by atoms with Gasteiger partial charge >= 0.3 is 5.97 Å². The van der Waals surface area contributed by atoms with E-state index in [0.717, 1.165) is 0 Å². The lowest BCUT2D eigenvalue weighted by Crippen LogP contribution is -2.37. The summed E-state index contributed by atoms with van der Waals surface area (Å²) in [7, 11) is 0. The number of rotatable bonds is 6. The second kappa shape index (κ2) is 6.76. The number of hydrogen-bond donors (Lipinski definition) is 3.